The molecule has 1 aromatic heterocycles. The van der Waals surface area contributed by atoms with E-state index in [1.54, 1.807) is 19.2 Å². The number of fused-ring (bicyclic) bond motifs is 4. The minimum atomic E-state index is -3.73. The maximum absolute atomic E-state index is 12.6. The highest BCUT2D eigenvalue weighted by molar-refractivity contribution is 7.89. The summed E-state index contributed by atoms with van der Waals surface area (Å²) in [4.78, 5) is 40.2. The summed E-state index contributed by atoms with van der Waals surface area (Å²) >= 11 is 0. The second-order valence-corrected chi connectivity index (χ2v) is 16.1. The van der Waals surface area contributed by atoms with E-state index in [4.69, 9.17) is 15.5 Å². The number of pyridine rings is 1. The first-order valence-corrected chi connectivity index (χ1v) is 20.7. The van der Waals surface area contributed by atoms with Crippen molar-refractivity contribution in [1.29, 1.82) is 0 Å². The summed E-state index contributed by atoms with van der Waals surface area (Å²) in [5, 5.41) is 4.03. The molecule has 2 bridgehead atoms. The van der Waals surface area contributed by atoms with Gasteiger partial charge in [0, 0.05) is 54.2 Å². The number of ether oxygens (including phenoxy) is 1. The van der Waals surface area contributed by atoms with E-state index in [-0.39, 0.29) is 28.7 Å². The molecule has 3 aromatic carbocycles. The number of primary amides is 1. The number of nitrogens with two attached hydrogens (primary N) is 1. The zero-order valence-electron chi connectivity index (χ0n) is 32.5. The van der Waals surface area contributed by atoms with Crippen LogP contribution in [0.2, 0.25) is 0 Å². The first kappa shape index (κ1) is 41.7. The van der Waals surface area contributed by atoms with Crippen LogP contribution in [0.3, 0.4) is 0 Å². The number of hydrogen-bond acceptors (Lipinski definition) is 7. The number of likely N-dealkylation sites (tertiary alicyclic amines) is 1. The van der Waals surface area contributed by atoms with Gasteiger partial charge < -0.3 is 20.7 Å². The molecule has 1 saturated heterocycles. The van der Waals surface area contributed by atoms with E-state index >= 15 is 0 Å². The molecular weight excluding hydrogens is 727 g/mol. The molecule has 1 aliphatic carbocycles. The van der Waals surface area contributed by atoms with Gasteiger partial charge in [-0.25, -0.2) is 13.4 Å². The number of aromatic nitrogens is 1. The SMILES string of the molecule is C=C1NS(=O)(=O)c2cccc(c2)C(=O)NCCCCCC/C=C/C2C[C@H]12.CC(=O)N1CCCC1C(N)=O.COc1ccc2c(C)cc(-c3ccccc3)nc2c1. The van der Waals surface area contributed by atoms with Crippen LogP contribution in [0.25, 0.3) is 22.2 Å². The van der Waals surface area contributed by atoms with Crippen LogP contribution in [0.15, 0.2) is 108 Å². The number of nitrogens with one attached hydrogen (secondary N) is 2. The van der Waals surface area contributed by atoms with Gasteiger partial charge >= 0.3 is 0 Å². The number of amides is 3. The molecule has 3 atom stereocenters. The number of sulfonamides is 1. The minimum absolute atomic E-state index is 0.0636. The van der Waals surface area contributed by atoms with Crippen molar-refractivity contribution in [3.05, 3.63) is 114 Å². The van der Waals surface area contributed by atoms with Crippen molar-refractivity contribution >= 4 is 38.6 Å². The number of rotatable bonds is 3. The van der Waals surface area contributed by atoms with Gasteiger partial charge in [0.1, 0.15) is 11.8 Å². The summed E-state index contributed by atoms with van der Waals surface area (Å²) in [5.74, 6) is 0.674. The number of allylic oxidation sites excluding steroid dienone is 3. The fraction of sp³-hybridized carbons (Fsp3) is 0.364. The minimum Gasteiger partial charge on any atom is -0.497 e. The van der Waals surface area contributed by atoms with Gasteiger partial charge in [0.25, 0.3) is 15.9 Å². The van der Waals surface area contributed by atoms with E-state index in [1.807, 2.05) is 30.3 Å². The van der Waals surface area contributed by atoms with Crippen molar-refractivity contribution in [3.8, 4) is 17.0 Å². The number of aryl methyl sites for hydroxylation is 1. The third-order valence-electron chi connectivity index (χ3n) is 10.2. The Balaban J connectivity index is 0.000000175. The molecule has 0 radical (unpaired) electrons. The van der Waals surface area contributed by atoms with Crippen molar-refractivity contribution in [3.63, 3.8) is 0 Å². The number of nitrogens with zero attached hydrogens (tertiary/aromatic N) is 2. The average Bonchev–Trinajstić information content (AvgIpc) is 3.79. The molecule has 4 aromatic rings. The average molecular weight is 780 g/mol. The van der Waals surface area contributed by atoms with Gasteiger partial charge in [-0.3, -0.25) is 19.1 Å². The fourth-order valence-corrected chi connectivity index (χ4v) is 8.12. The quantitative estimate of drug-likeness (QED) is 0.188. The Bertz CT molecular complexity index is 2150. The van der Waals surface area contributed by atoms with Gasteiger partial charge in [0.05, 0.1) is 23.2 Å². The third-order valence-corrected chi connectivity index (χ3v) is 11.6. The molecule has 2 unspecified atom stereocenters. The van der Waals surface area contributed by atoms with E-state index in [1.165, 1.54) is 34.9 Å². The van der Waals surface area contributed by atoms with E-state index in [2.05, 4.69) is 60.0 Å². The smallest absolute Gasteiger partial charge is 0.261 e. The van der Waals surface area contributed by atoms with Crippen molar-refractivity contribution in [2.24, 2.45) is 17.6 Å². The zero-order chi connectivity index (χ0) is 40.2. The number of carbonyl (C=O) groups excluding carboxylic acids is 3. The van der Waals surface area contributed by atoms with E-state index in [0.29, 0.717) is 30.3 Å². The van der Waals surface area contributed by atoms with Crippen LogP contribution >= 0.6 is 0 Å². The van der Waals surface area contributed by atoms with E-state index < -0.39 is 15.9 Å². The van der Waals surface area contributed by atoms with Gasteiger partial charge in [0.2, 0.25) is 11.8 Å². The zero-order valence-corrected chi connectivity index (χ0v) is 33.3. The topological polar surface area (TPSA) is 161 Å². The maximum atomic E-state index is 12.6. The molecule has 12 heteroatoms. The highest BCUT2D eigenvalue weighted by Crippen LogP contribution is 2.44. The normalized spacial score (nSPS) is 21.2. The van der Waals surface area contributed by atoms with Crippen molar-refractivity contribution in [2.75, 3.05) is 20.2 Å². The highest BCUT2D eigenvalue weighted by Gasteiger charge is 2.38. The molecule has 2 aliphatic heterocycles. The lowest BCUT2D eigenvalue weighted by molar-refractivity contribution is -0.135. The predicted octanol–water partition coefficient (Wildman–Crippen LogP) is 7.07. The molecular formula is C44H53N5O6S. The summed E-state index contributed by atoms with van der Waals surface area (Å²) in [6.07, 6.45) is 12.2. The molecule has 2 fully saturated rings. The summed E-state index contributed by atoms with van der Waals surface area (Å²) in [6, 6.07) is 24.1. The van der Waals surface area contributed by atoms with Crippen LogP contribution < -0.4 is 20.5 Å². The molecule has 296 valence electrons. The van der Waals surface area contributed by atoms with Gasteiger partial charge in [-0.1, -0.05) is 68.0 Å². The van der Waals surface area contributed by atoms with Crippen LogP contribution in [0, 0.1) is 18.8 Å². The molecule has 7 rings (SSSR count). The van der Waals surface area contributed by atoms with Crippen LogP contribution in [0.1, 0.15) is 74.2 Å². The first-order chi connectivity index (χ1) is 26.9. The number of methoxy groups -OCH3 is 1. The molecule has 56 heavy (non-hydrogen) atoms. The Morgan fingerprint density at radius 1 is 0.946 bits per heavy atom. The molecule has 3 aliphatic rings. The van der Waals surface area contributed by atoms with Crippen molar-refractivity contribution in [1.82, 2.24) is 19.9 Å². The molecule has 3 amide bonds. The fourth-order valence-electron chi connectivity index (χ4n) is 6.96. The second kappa shape index (κ2) is 19.4. The second-order valence-electron chi connectivity index (χ2n) is 14.4. The van der Waals surface area contributed by atoms with Gasteiger partial charge in [-0.2, -0.15) is 0 Å². The Morgan fingerprint density at radius 2 is 1.70 bits per heavy atom. The van der Waals surface area contributed by atoms with Gasteiger partial charge in [-0.05, 0) is 93.3 Å². The van der Waals surface area contributed by atoms with Crippen molar-refractivity contribution < 1.29 is 27.5 Å². The summed E-state index contributed by atoms with van der Waals surface area (Å²) in [5.41, 5.74) is 10.3. The van der Waals surface area contributed by atoms with Crippen LogP contribution in [-0.4, -0.2) is 62.3 Å². The predicted molar refractivity (Wildman–Crippen MR) is 220 cm³/mol. The molecule has 11 nitrogen and oxygen atoms in total. The Hall–Kier alpha value is -5.49. The molecule has 1 saturated carbocycles. The number of hydrogen-bond donors (Lipinski definition) is 3. The monoisotopic (exact) mass is 779 g/mol. The summed E-state index contributed by atoms with van der Waals surface area (Å²) < 4.78 is 33.1. The Labute approximate surface area is 330 Å². The lowest BCUT2D eigenvalue weighted by atomic mass is 10.1. The van der Waals surface area contributed by atoms with Crippen LogP contribution in [0.4, 0.5) is 0 Å². The summed E-state index contributed by atoms with van der Waals surface area (Å²) in [6.45, 7) is 8.76. The van der Waals surface area contributed by atoms with E-state index in [9.17, 15) is 22.8 Å². The molecule has 0 spiro atoms. The Morgan fingerprint density at radius 3 is 2.41 bits per heavy atom. The largest absolute Gasteiger partial charge is 0.497 e. The van der Waals surface area contributed by atoms with Gasteiger partial charge in [0.15, 0.2) is 0 Å². The first-order valence-electron chi connectivity index (χ1n) is 19.2. The van der Waals surface area contributed by atoms with Gasteiger partial charge in [-0.15, -0.1) is 0 Å². The standard InChI is InChI=1S/C20H26N2O3S.C17H15NO.C7H12N2O2/c1-15-19-14-16(19)9-6-4-2-3-5-7-12-21-20(23)17-10-8-11-18(13-17)26(24,25)22-15;1-12-10-16(13-6-4-3-5-7-13)18-17-11-14(19-2)8-9-15(12)17;1-5(10)9-4-2-3-6(9)7(8)11/h6,8-11,13,16,19,22H,1-5,7,12,14H2,(H,21,23);3-11H,1-2H3;6H,2-4H2,1H3,(H2,8,11)/b9-6+;;/t16?,19-;;/m1../s1. The lowest BCUT2D eigenvalue weighted by Crippen LogP contribution is -2.42. The lowest BCUT2D eigenvalue weighted by Gasteiger charge is -2.19. The number of benzene rings is 3. The Kier molecular flexibility index (Phi) is 14.4. The molecule has 3 heterocycles. The third kappa shape index (κ3) is 11.3. The van der Waals surface area contributed by atoms with Crippen molar-refractivity contribution in [2.45, 2.75) is 76.2 Å². The highest BCUT2D eigenvalue weighted by atomic mass is 32.2. The number of carbonyl (C=O) groups is 3. The van der Waals surface area contributed by atoms with Crippen LogP contribution in [0.5, 0.6) is 5.75 Å². The van der Waals surface area contributed by atoms with E-state index in [0.717, 1.165) is 73.9 Å². The van der Waals surface area contributed by atoms with Crippen LogP contribution in [-0.2, 0) is 19.6 Å². The maximum Gasteiger partial charge on any atom is 0.261 e. The molecule has 4 N–H and O–H groups in total. The summed E-state index contributed by atoms with van der Waals surface area (Å²) in [7, 11) is -2.06.